The van der Waals surface area contributed by atoms with Crippen LogP contribution in [0.2, 0.25) is 0 Å². The Hall–Kier alpha value is -2.08. The molecule has 1 heterocycles. The summed E-state index contributed by atoms with van der Waals surface area (Å²) < 4.78 is 5.10. The van der Waals surface area contributed by atoms with Gasteiger partial charge in [0.15, 0.2) is 13.1 Å². The number of carbonyl (C=O) groups is 2. The molecule has 3 N–H and O–H groups in total. The molecule has 6 heteroatoms. The van der Waals surface area contributed by atoms with Crippen molar-refractivity contribution in [2.24, 2.45) is 0 Å². The van der Waals surface area contributed by atoms with Crippen molar-refractivity contribution in [2.75, 3.05) is 39.8 Å². The Balaban J connectivity index is 1.67. The van der Waals surface area contributed by atoms with E-state index in [1.165, 1.54) is 0 Å². The quantitative estimate of drug-likeness (QED) is 0.589. The zero-order valence-electron chi connectivity index (χ0n) is 12.3. The summed E-state index contributed by atoms with van der Waals surface area (Å²) in [4.78, 5) is 24.1. The van der Waals surface area contributed by atoms with Crippen molar-refractivity contribution in [3.8, 4) is 5.75 Å². The summed E-state index contributed by atoms with van der Waals surface area (Å²) in [5.41, 5.74) is 1.15. The SMILES string of the molecule is COc1ccc(CCNC(=O)C[NH+]2CCNC(=O)C2)cc1. The van der Waals surface area contributed by atoms with Gasteiger partial charge in [-0.2, -0.15) is 0 Å². The summed E-state index contributed by atoms with van der Waals surface area (Å²) in [6.07, 6.45) is 0.783. The van der Waals surface area contributed by atoms with E-state index in [-0.39, 0.29) is 11.8 Å². The van der Waals surface area contributed by atoms with Gasteiger partial charge in [-0.3, -0.25) is 9.59 Å². The van der Waals surface area contributed by atoms with Crippen LogP contribution in [0.4, 0.5) is 0 Å². The molecular formula is C15H22N3O3+. The lowest BCUT2D eigenvalue weighted by atomic mass is 10.1. The minimum absolute atomic E-state index is 0.00629. The Morgan fingerprint density at radius 2 is 2.14 bits per heavy atom. The van der Waals surface area contributed by atoms with Crippen LogP contribution in [0.3, 0.4) is 0 Å². The highest BCUT2D eigenvalue weighted by Crippen LogP contribution is 2.11. The monoisotopic (exact) mass is 292 g/mol. The summed E-state index contributed by atoms with van der Waals surface area (Å²) in [5.74, 6) is 0.838. The van der Waals surface area contributed by atoms with Crippen LogP contribution in [0, 0.1) is 0 Å². The predicted molar refractivity (Wildman–Crippen MR) is 78.3 cm³/mol. The minimum Gasteiger partial charge on any atom is -0.497 e. The fraction of sp³-hybridized carbons (Fsp3) is 0.467. The van der Waals surface area contributed by atoms with E-state index in [0.717, 1.165) is 29.2 Å². The molecule has 0 aliphatic carbocycles. The molecule has 0 bridgehead atoms. The van der Waals surface area contributed by atoms with Gasteiger partial charge in [0, 0.05) is 6.54 Å². The van der Waals surface area contributed by atoms with E-state index in [9.17, 15) is 9.59 Å². The normalized spacial score (nSPS) is 18.0. The number of methoxy groups -OCH3 is 1. The molecule has 1 aromatic rings. The van der Waals surface area contributed by atoms with Gasteiger partial charge in [-0.1, -0.05) is 12.1 Å². The molecule has 0 spiro atoms. The molecule has 1 atom stereocenters. The van der Waals surface area contributed by atoms with Crippen LogP contribution in [0.5, 0.6) is 5.75 Å². The number of nitrogens with one attached hydrogen (secondary N) is 3. The molecule has 6 nitrogen and oxygen atoms in total. The Morgan fingerprint density at radius 3 is 2.81 bits per heavy atom. The van der Waals surface area contributed by atoms with Crippen LogP contribution < -0.4 is 20.3 Å². The third kappa shape index (κ3) is 5.07. The van der Waals surface area contributed by atoms with Gasteiger partial charge in [-0.15, -0.1) is 0 Å². The lowest BCUT2D eigenvalue weighted by Gasteiger charge is -2.22. The molecule has 1 fully saturated rings. The van der Waals surface area contributed by atoms with Gasteiger partial charge < -0.3 is 20.3 Å². The number of ether oxygens (including phenoxy) is 1. The molecule has 0 radical (unpaired) electrons. The second kappa shape index (κ2) is 7.64. The summed E-state index contributed by atoms with van der Waals surface area (Å²) in [5, 5.41) is 5.66. The Kier molecular flexibility index (Phi) is 5.57. The zero-order valence-corrected chi connectivity index (χ0v) is 12.3. The second-order valence-corrected chi connectivity index (χ2v) is 5.15. The molecule has 0 saturated carbocycles. The fourth-order valence-electron chi connectivity index (χ4n) is 2.34. The van der Waals surface area contributed by atoms with Crippen LogP contribution in [-0.2, 0) is 16.0 Å². The smallest absolute Gasteiger partial charge is 0.275 e. The number of piperazine rings is 1. The van der Waals surface area contributed by atoms with Crippen molar-refractivity contribution < 1.29 is 19.2 Å². The van der Waals surface area contributed by atoms with Crippen LogP contribution in [0.15, 0.2) is 24.3 Å². The molecule has 1 unspecified atom stereocenters. The highest BCUT2D eigenvalue weighted by atomic mass is 16.5. The summed E-state index contributed by atoms with van der Waals surface area (Å²) in [6.45, 7) is 2.79. The molecule has 21 heavy (non-hydrogen) atoms. The van der Waals surface area contributed by atoms with Gasteiger partial charge in [-0.05, 0) is 24.1 Å². The highest BCUT2D eigenvalue weighted by molar-refractivity contribution is 5.79. The number of amides is 2. The topological polar surface area (TPSA) is 71.9 Å². The van der Waals surface area contributed by atoms with Crippen molar-refractivity contribution in [1.29, 1.82) is 0 Å². The number of quaternary nitrogens is 1. The standard InChI is InChI=1S/C15H21N3O3/c1-21-13-4-2-12(3-5-13)6-7-16-14(19)10-18-9-8-17-15(20)11-18/h2-5H,6-11H2,1H3,(H,16,19)(H,17,20)/p+1. The van der Waals surface area contributed by atoms with E-state index in [4.69, 9.17) is 4.74 Å². The highest BCUT2D eigenvalue weighted by Gasteiger charge is 2.21. The van der Waals surface area contributed by atoms with Crippen LogP contribution >= 0.6 is 0 Å². The second-order valence-electron chi connectivity index (χ2n) is 5.15. The summed E-state index contributed by atoms with van der Waals surface area (Å²) in [7, 11) is 1.64. The van der Waals surface area contributed by atoms with Gasteiger partial charge >= 0.3 is 0 Å². The van der Waals surface area contributed by atoms with Gasteiger partial charge in [0.05, 0.1) is 20.2 Å². The largest absolute Gasteiger partial charge is 0.497 e. The lowest BCUT2D eigenvalue weighted by molar-refractivity contribution is -0.885. The predicted octanol–water partition coefficient (Wildman–Crippen LogP) is -1.63. The molecule has 1 aromatic carbocycles. The van der Waals surface area contributed by atoms with Crippen molar-refractivity contribution in [1.82, 2.24) is 10.6 Å². The van der Waals surface area contributed by atoms with E-state index >= 15 is 0 Å². The molecule has 2 rings (SSSR count). The number of rotatable bonds is 6. The Bertz CT molecular complexity index is 487. The van der Waals surface area contributed by atoms with E-state index in [1.54, 1.807) is 7.11 Å². The molecule has 1 saturated heterocycles. The number of hydrogen-bond donors (Lipinski definition) is 3. The first-order valence-electron chi connectivity index (χ1n) is 7.17. The molecule has 1 aliphatic rings. The average molecular weight is 292 g/mol. The van der Waals surface area contributed by atoms with Gasteiger partial charge in [0.25, 0.3) is 11.8 Å². The van der Waals surface area contributed by atoms with E-state index in [0.29, 0.717) is 26.2 Å². The van der Waals surface area contributed by atoms with Gasteiger partial charge in [0.2, 0.25) is 0 Å². The molecule has 114 valence electrons. The summed E-state index contributed by atoms with van der Waals surface area (Å²) >= 11 is 0. The molecule has 2 amide bonds. The molecule has 1 aliphatic heterocycles. The van der Waals surface area contributed by atoms with Crippen LogP contribution in [0.25, 0.3) is 0 Å². The summed E-state index contributed by atoms with van der Waals surface area (Å²) in [6, 6.07) is 7.80. The third-order valence-electron chi connectivity index (χ3n) is 3.52. The van der Waals surface area contributed by atoms with Gasteiger partial charge in [-0.25, -0.2) is 0 Å². The first kappa shape index (κ1) is 15.3. The maximum Gasteiger partial charge on any atom is 0.275 e. The van der Waals surface area contributed by atoms with Crippen molar-refractivity contribution >= 4 is 11.8 Å². The fourth-order valence-corrected chi connectivity index (χ4v) is 2.34. The first-order chi connectivity index (χ1) is 10.2. The number of hydrogen-bond acceptors (Lipinski definition) is 3. The number of benzene rings is 1. The van der Waals surface area contributed by atoms with E-state index in [1.807, 2.05) is 24.3 Å². The van der Waals surface area contributed by atoms with Crippen LogP contribution in [0.1, 0.15) is 5.56 Å². The van der Waals surface area contributed by atoms with E-state index in [2.05, 4.69) is 10.6 Å². The molecular weight excluding hydrogens is 270 g/mol. The third-order valence-corrected chi connectivity index (χ3v) is 3.52. The van der Waals surface area contributed by atoms with Crippen molar-refractivity contribution in [3.05, 3.63) is 29.8 Å². The van der Waals surface area contributed by atoms with Crippen molar-refractivity contribution in [2.45, 2.75) is 6.42 Å². The maximum absolute atomic E-state index is 11.8. The lowest BCUT2D eigenvalue weighted by Crippen LogP contribution is -3.16. The van der Waals surface area contributed by atoms with E-state index < -0.39 is 0 Å². The Morgan fingerprint density at radius 1 is 1.38 bits per heavy atom. The van der Waals surface area contributed by atoms with Crippen LogP contribution in [-0.4, -0.2) is 51.6 Å². The molecule has 0 aromatic heterocycles. The van der Waals surface area contributed by atoms with Gasteiger partial charge in [0.1, 0.15) is 5.75 Å². The average Bonchev–Trinajstić information content (AvgIpc) is 2.48. The Labute approximate surface area is 124 Å². The maximum atomic E-state index is 11.8. The zero-order chi connectivity index (χ0) is 15.1. The first-order valence-corrected chi connectivity index (χ1v) is 7.17. The minimum atomic E-state index is -0.00629. The number of carbonyl (C=O) groups excluding carboxylic acids is 2. The van der Waals surface area contributed by atoms with Crippen molar-refractivity contribution in [3.63, 3.8) is 0 Å².